The molecule has 0 unspecified atom stereocenters. The molecule has 1 aromatic carbocycles. The van der Waals surface area contributed by atoms with E-state index >= 15 is 0 Å². The summed E-state index contributed by atoms with van der Waals surface area (Å²) in [6, 6.07) is 5.73. The molecule has 1 aromatic rings. The first-order valence-electron chi connectivity index (χ1n) is 8.33. The number of piperidine rings is 1. The molecule has 0 spiro atoms. The highest BCUT2D eigenvalue weighted by molar-refractivity contribution is 6.42. The number of benzene rings is 1. The number of carbonyl (C=O) groups is 1. The number of rotatable bonds is 4. The lowest BCUT2D eigenvalue weighted by molar-refractivity contribution is -0.125. The van der Waals surface area contributed by atoms with Crippen LogP contribution in [-0.2, 0) is 10.2 Å². The average molecular weight is 340 g/mol. The molecule has 1 aliphatic carbocycles. The monoisotopic (exact) mass is 339 g/mol. The molecule has 0 radical (unpaired) electrons. The Kier molecular flexibility index (Phi) is 5.11. The maximum absolute atomic E-state index is 13.1. The quantitative estimate of drug-likeness (QED) is 0.780. The molecule has 2 fully saturated rings. The number of carbonyl (C=O) groups excluding carboxylic acids is 1. The summed E-state index contributed by atoms with van der Waals surface area (Å²) >= 11 is 12.2. The van der Waals surface area contributed by atoms with E-state index in [1.165, 1.54) is 19.3 Å². The van der Waals surface area contributed by atoms with Gasteiger partial charge in [0.25, 0.3) is 0 Å². The Hall–Kier alpha value is -0.570. The van der Waals surface area contributed by atoms with Crippen LogP contribution in [0.4, 0.5) is 0 Å². The maximum Gasteiger partial charge on any atom is 0.157 e. The summed E-state index contributed by atoms with van der Waals surface area (Å²) in [5.41, 5.74) is 0.715. The molecule has 3 rings (SSSR count). The van der Waals surface area contributed by atoms with E-state index in [9.17, 15) is 4.79 Å². The molecule has 0 aromatic heterocycles. The van der Waals surface area contributed by atoms with Gasteiger partial charge in [-0.2, -0.15) is 0 Å². The third kappa shape index (κ3) is 3.20. The fourth-order valence-corrected chi connectivity index (χ4v) is 4.27. The van der Waals surface area contributed by atoms with Gasteiger partial charge in [-0.15, -0.1) is 0 Å². The Morgan fingerprint density at radius 2 is 1.68 bits per heavy atom. The van der Waals surface area contributed by atoms with Gasteiger partial charge in [0.05, 0.1) is 22.0 Å². The largest absolute Gasteiger partial charge is 0.297 e. The standard InChI is InChI=1S/C18H23Cl2NO/c19-15-7-6-14(12-16(15)20)18(8-2-3-9-18)17(22)13-21-10-4-1-5-11-21/h6-7,12H,1-5,8-11,13H2. The van der Waals surface area contributed by atoms with Gasteiger partial charge in [0.2, 0.25) is 0 Å². The lowest BCUT2D eigenvalue weighted by atomic mass is 9.75. The zero-order valence-corrected chi connectivity index (χ0v) is 14.4. The Morgan fingerprint density at radius 3 is 2.32 bits per heavy atom. The van der Waals surface area contributed by atoms with E-state index in [1.807, 2.05) is 18.2 Å². The van der Waals surface area contributed by atoms with Gasteiger partial charge in [0, 0.05) is 0 Å². The summed E-state index contributed by atoms with van der Waals surface area (Å²) in [6.45, 7) is 2.70. The lowest BCUT2D eigenvalue weighted by Gasteiger charge is -2.33. The van der Waals surface area contributed by atoms with Crippen molar-refractivity contribution in [3.8, 4) is 0 Å². The van der Waals surface area contributed by atoms with Crippen molar-refractivity contribution in [3.63, 3.8) is 0 Å². The van der Waals surface area contributed by atoms with Crippen molar-refractivity contribution in [2.75, 3.05) is 19.6 Å². The minimum Gasteiger partial charge on any atom is -0.297 e. The first kappa shape index (κ1) is 16.3. The normalized spacial score (nSPS) is 21.9. The minimum atomic E-state index is -0.342. The van der Waals surface area contributed by atoms with E-state index < -0.39 is 0 Å². The van der Waals surface area contributed by atoms with Crippen molar-refractivity contribution in [2.45, 2.75) is 50.4 Å². The molecule has 0 bridgehead atoms. The van der Waals surface area contributed by atoms with Crippen LogP contribution in [-0.4, -0.2) is 30.3 Å². The van der Waals surface area contributed by atoms with Gasteiger partial charge in [-0.1, -0.05) is 48.5 Å². The summed E-state index contributed by atoms with van der Waals surface area (Å²) in [5, 5.41) is 1.11. The molecule has 4 heteroatoms. The third-order valence-corrected chi connectivity index (χ3v) is 6.02. The number of Topliss-reactive ketones (excluding diaryl/α,β-unsaturated/α-hetero) is 1. The van der Waals surface area contributed by atoms with E-state index in [-0.39, 0.29) is 5.41 Å². The van der Waals surface area contributed by atoms with Crippen molar-refractivity contribution < 1.29 is 4.79 Å². The first-order chi connectivity index (χ1) is 10.6. The fourth-order valence-electron chi connectivity index (χ4n) is 3.97. The number of halogens is 2. The Balaban J connectivity index is 1.83. The third-order valence-electron chi connectivity index (χ3n) is 5.28. The van der Waals surface area contributed by atoms with Gasteiger partial charge in [-0.3, -0.25) is 9.69 Å². The van der Waals surface area contributed by atoms with Crippen molar-refractivity contribution in [3.05, 3.63) is 33.8 Å². The summed E-state index contributed by atoms with van der Waals surface area (Å²) in [5.74, 6) is 0.366. The molecule has 2 aliphatic rings. The molecule has 1 heterocycles. The van der Waals surface area contributed by atoms with E-state index in [0.29, 0.717) is 22.4 Å². The molecular formula is C18H23Cl2NO. The van der Waals surface area contributed by atoms with Crippen LogP contribution in [0, 0.1) is 0 Å². The summed E-state index contributed by atoms with van der Waals surface area (Å²) < 4.78 is 0. The molecule has 0 atom stereocenters. The SMILES string of the molecule is O=C(CN1CCCCC1)C1(c2ccc(Cl)c(Cl)c2)CCCC1. The zero-order chi connectivity index (χ0) is 15.6. The highest BCUT2D eigenvalue weighted by Crippen LogP contribution is 2.43. The highest BCUT2D eigenvalue weighted by Gasteiger charge is 2.42. The Labute approximate surface area is 142 Å². The van der Waals surface area contributed by atoms with Crippen LogP contribution in [0.5, 0.6) is 0 Å². The number of nitrogens with zero attached hydrogens (tertiary/aromatic N) is 1. The van der Waals surface area contributed by atoms with Crippen LogP contribution < -0.4 is 0 Å². The molecule has 2 nitrogen and oxygen atoms in total. The van der Waals surface area contributed by atoms with Crippen LogP contribution in [0.3, 0.4) is 0 Å². The molecule has 1 saturated carbocycles. The lowest BCUT2D eigenvalue weighted by Crippen LogP contribution is -2.43. The topological polar surface area (TPSA) is 20.3 Å². The molecule has 22 heavy (non-hydrogen) atoms. The van der Waals surface area contributed by atoms with Crippen molar-refractivity contribution in [1.82, 2.24) is 4.90 Å². The molecule has 0 N–H and O–H groups in total. The summed E-state index contributed by atoms with van der Waals surface area (Å²) in [7, 11) is 0. The van der Waals surface area contributed by atoms with Crippen LogP contribution >= 0.6 is 23.2 Å². The van der Waals surface area contributed by atoms with Crippen LogP contribution in [0.1, 0.15) is 50.5 Å². The first-order valence-corrected chi connectivity index (χ1v) is 9.09. The van der Waals surface area contributed by atoms with Gasteiger partial charge < -0.3 is 0 Å². The fraction of sp³-hybridized carbons (Fsp3) is 0.611. The van der Waals surface area contributed by atoms with Crippen molar-refractivity contribution in [1.29, 1.82) is 0 Å². The van der Waals surface area contributed by atoms with E-state index in [1.54, 1.807) is 0 Å². The van der Waals surface area contributed by atoms with Crippen LogP contribution in [0.15, 0.2) is 18.2 Å². The van der Waals surface area contributed by atoms with Gasteiger partial charge in [0.15, 0.2) is 5.78 Å². The van der Waals surface area contributed by atoms with E-state index in [0.717, 1.165) is 44.3 Å². The highest BCUT2D eigenvalue weighted by atomic mass is 35.5. The zero-order valence-electron chi connectivity index (χ0n) is 12.9. The number of ketones is 1. The molecule has 1 saturated heterocycles. The van der Waals surface area contributed by atoms with Gasteiger partial charge in [0.1, 0.15) is 0 Å². The smallest absolute Gasteiger partial charge is 0.157 e. The predicted molar refractivity (Wildman–Crippen MR) is 91.9 cm³/mol. The summed E-state index contributed by atoms with van der Waals surface area (Å²) in [6.07, 6.45) is 7.84. The van der Waals surface area contributed by atoms with Crippen LogP contribution in [0.25, 0.3) is 0 Å². The molecular weight excluding hydrogens is 317 g/mol. The number of hydrogen-bond donors (Lipinski definition) is 0. The second-order valence-corrected chi connectivity index (χ2v) is 7.49. The van der Waals surface area contributed by atoms with Gasteiger partial charge in [-0.25, -0.2) is 0 Å². The van der Waals surface area contributed by atoms with Gasteiger partial charge in [-0.05, 0) is 56.5 Å². The molecule has 1 aliphatic heterocycles. The van der Waals surface area contributed by atoms with Crippen molar-refractivity contribution >= 4 is 29.0 Å². The molecule has 0 amide bonds. The second kappa shape index (κ2) is 6.90. The van der Waals surface area contributed by atoms with E-state index in [2.05, 4.69) is 4.90 Å². The average Bonchev–Trinajstić information content (AvgIpc) is 3.02. The summed E-state index contributed by atoms with van der Waals surface area (Å²) in [4.78, 5) is 15.4. The van der Waals surface area contributed by atoms with Crippen molar-refractivity contribution in [2.24, 2.45) is 0 Å². The van der Waals surface area contributed by atoms with Crippen LogP contribution in [0.2, 0.25) is 10.0 Å². The number of likely N-dealkylation sites (tertiary alicyclic amines) is 1. The Morgan fingerprint density at radius 1 is 1.00 bits per heavy atom. The molecule has 120 valence electrons. The predicted octanol–water partition coefficient (Wildman–Crippen LogP) is 4.86. The van der Waals surface area contributed by atoms with Gasteiger partial charge >= 0.3 is 0 Å². The van der Waals surface area contributed by atoms with E-state index in [4.69, 9.17) is 23.2 Å². The second-order valence-electron chi connectivity index (χ2n) is 6.68. The number of hydrogen-bond acceptors (Lipinski definition) is 2. The Bertz CT molecular complexity index is 546. The minimum absolute atomic E-state index is 0.342. The maximum atomic E-state index is 13.1.